The van der Waals surface area contributed by atoms with E-state index in [0.717, 1.165) is 70.6 Å². The van der Waals surface area contributed by atoms with Gasteiger partial charge in [-0.25, -0.2) is 0 Å². The zero-order chi connectivity index (χ0) is 67.6. The average molecular weight is 1320 g/mol. The molecule has 0 aliphatic heterocycles. The van der Waals surface area contributed by atoms with Crippen molar-refractivity contribution < 1.29 is 32.9 Å². The molecular weight excluding hydrogens is 1160 g/mol. The molecule has 0 aromatic rings. The Morgan fingerprint density at radius 3 is 1.00 bits per heavy atom. The van der Waals surface area contributed by atoms with E-state index in [0.29, 0.717) is 17.4 Å². The summed E-state index contributed by atoms with van der Waals surface area (Å²) in [6.45, 7) is 4.56. The van der Waals surface area contributed by atoms with Crippen LogP contribution in [-0.2, 0) is 18.4 Å². The largest absolute Gasteiger partial charge is 0.756 e. The molecule has 8 nitrogen and oxygen atoms in total. The van der Waals surface area contributed by atoms with Crippen LogP contribution in [0.4, 0.5) is 0 Å². The Bertz CT molecular complexity index is 1800. The molecule has 0 saturated heterocycles. The number of aliphatic hydroxyl groups excluding tert-OH is 1. The van der Waals surface area contributed by atoms with E-state index in [1.165, 1.54) is 302 Å². The number of amides is 1. The van der Waals surface area contributed by atoms with Gasteiger partial charge in [0.1, 0.15) is 13.2 Å². The van der Waals surface area contributed by atoms with Crippen molar-refractivity contribution in [2.75, 3.05) is 40.9 Å². The Hall–Kier alpha value is -2.32. The molecular formula is C84H157N2O6P. The van der Waals surface area contributed by atoms with Crippen molar-refractivity contribution in [1.29, 1.82) is 0 Å². The molecule has 93 heavy (non-hydrogen) atoms. The maximum atomic E-state index is 13.1. The van der Waals surface area contributed by atoms with Crippen molar-refractivity contribution >= 4 is 13.7 Å². The number of phosphoric acid groups is 1. The van der Waals surface area contributed by atoms with Crippen LogP contribution in [0.2, 0.25) is 0 Å². The molecule has 0 aromatic carbocycles. The number of hydrogen-bond donors (Lipinski definition) is 2. The van der Waals surface area contributed by atoms with Crippen LogP contribution in [0.1, 0.15) is 393 Å². The lowest BCUT2D eigenvalue weighted by atomic mass is 10.0. The minimum Gasteiger partial charge on any atom is -0.756 e. The first-order chi connectivity index (χ1) is 45.5. The van der Waals surface area contributed by atoms with Crippen LogP contribution >= 0.6 is 7.82 Å². The number of nitrogens with zero attached hydrogens (tertiary/aromatic N) is 1. The summed E-state index contributed by atoms with van der Waals surface area (Å²) < 4.78 is 23.5. The quantitative estimate of drug-likeness (QED) is 0.0272. The lowest BCUT2D eigenvalue weighted by Gasteiger charge is -2.29. The Morgan fingerprint density at radius 1 is 0.387 bits per heavy atom. The fourth-order valence-corrected chi connectivity index (χ4v) is 12.8. The van der Waals surface area contributed by atoms with E-state index in [9.17, 15) is 19.4 Å². The van der Waals surface area contributed by atoms with Crippen LogP contribution in [0.5, 0.6) is 0 Å². The molecule has 0 radical (unpaired) electrons. The summed E-state index contributed by atoms with van der Waals surface area (Å²) in [5.74, 6) is -0.205. The first-order valence-electron chi connectivity index (χ1n) is 40.4. The zero-order valence-corrected chi connectivity index (χ0v) is 63.4. The van der Waals surface area contributed by atoms with Gasteiger partial charge >= 0.3 is 0 Å². The van der Waals surface area contributed by atoms with Gasteiger partial charge in [-0.1, -0.05) is 388 Å². The number of carbonyl (C=O) groups is 1. The van der Waals surface area contributed by atoms with Crippen molar-refractivity contribution in [3.63, 3.8) is 0 Å². The van der Waals surface area contributed by atoms with Gasteiger partial charge in [0, 0.05) is 6.42 Å². The molecule has 2 N–H and O–H groups in total. The second kappa shape index (κ2) is 73.9. The van der Waals surface area contributed by atoms with Crippen molar-refractivity contribution in [2.24, 2.45) is 0 Å². The monoisotopic (exact) mass is 1320 g/mol. The number of phosphoric ester groups is 1. The summed E-state index contributed by atoms with van der Waals surface area (Å²) in [5, 5.41) is 14.0. The smallest absolute Gasteiger partial charge is 0.268 e. The fourth-order valence-electron chi connectivity index (χ4n) is 12.1. The van der Waals surface area contributed by atoms with E-state index in [4.69, 9.17) is 9.05 Å². The minimum absolute atomic E-state index is 0.00920. The van der Waals surface area contributed by atoms with Crippen LogP contribution in [-0.4, -0.2) is 68.5 Å². The van der Waals surface area contributed by atoms with E-state index in [-0.39, 0.29) is 12.5 Å². The molecule has 0 saturated carbocycles. The molecule has 0 aliphatic rings. The Morgan fingerprint density at radius 2 is 0.667 bits per heavy atom. The highest BCUT2D eigenvalue weighted by molar-refractivity contribution is 7.45. The van der Waals surface area contributed by atoms with Crippen LogP contribution in [0.3, 0.4) is 0 Å². The molecule has 0 aliphatic carbocycles. The number of rotatable bonds is 75. The van der Waals surface area contributed by atoms with Crippen molar-refractivity contribution in [3.8, 4) is 0 Å². The van der Waals surface area contributed by atoms with Crippen LogP contribution in [0, 0.1) is 0 Å². The third-order valence-corrected chi connectivity index (χ3v) is 19.3. The number of aliphatic hydroxyl groups is 1. The molecule has 3 unspecified atom stereocenters. The third kappa shape index (κ3) is 76.9. The predicted molar refractivity (Wildman–Crippen MR) is 408 cm³/mol. The first-order valence-corrected chi connectivity index (χ1v) is 41.9. The van der Waals surface area contributed by atoms with E-state index < -0.39 is 26.6 Å². The summed E-state index contributed by atoms with van der Waals surface area (Å²) in [6, 6.07) is -0.914. The van der Waals surface area contributed by atoms with Crippen LogP contribution in [0.15, 0.2) is 85.1 Å². The van der Waals surface area contributed by atoms with Gasteiger partial charge < -0.3 is 28.8 Å². The SMILES string of the molecule is CC/C=C\C/C=C\C/C=C\C/C=C\CCCCCCCCCCCCCCCCCCCCCCCCCCCCC(=O)NC(COP(=O)([O-])OCC[N+](C)(C)C)C(O)/C=C/CC/C=C/CC/C=C/CCCCCCCCCCCCCCCCCCCCCCCC. The summed E-state index contributed by atoms with van der Waals surface area (Å²) in [6.07, 6.45) is 106. The summed E-state index contributed by atoms with van der Waals surface area (Å²) in [4.78, 5) is 25.7. The van der Waals surface area contributed by atoms with Gasteiger partial charge in [0.05, 0.1) is 39.9 Å². The number of quaternary nitrogens is 1. The maximum Gasteiger partial charge on any atom is 0.268 e. The average Bonchev–Trinajstić information content (AvgIpc) is 1.94. The van der Waals surface area contributed by atoms with Gasteiger partial charge in [-0.3, -0.25) is 9.36 Å². The van der Waals surface area contributed by atoms with E-state index in [2.05, 4.69) is 92.1 Å². The highest BCUT2D eigenvalue weighted by Crippen LogP contribution is 2.38. The molecule has 3 atom stereocenters. The van der Waals surface area contributed by atoms with Gasteiger partial charge in [-0.2, -0.15) is 0 Å². The number of carbonyl (C=O) groups excluding carboxylic acids is 1. The lowest BCUT2D eigenvalue weighted by molar-refractivity contribution is -0.870. The topological polar surface area (TPSA) is 108 Å². The molecule has 0 rings (SSSR count). The number of unbranched alkanes of at least 4 members (excludes halogenated alkanes) is 50. The first kappa shape index (κ1) is 90.7. The minimum atomic E-state index is -4.62. The summed E-state index contributed by atoms with van der Waals surface area (Å²) in [7, 11) is 1.25. The number of nitrogens with one attached hydrogen (secondary N) is 1. The normalized spacial score (nSPS) is 13.9. The number of allylic oxidation sites excluding steroid dienone is 13. The maximum absolute atomic E-state index is 13.1. The Balaban J connectivity index is 3.99. The molecule has 0 spiro atoms. The van der Waals surface area contributed by atoms with E-state index >= 15 is 0 Å². The third-order valence-electron chi connectivity index (χ3n) is 18.3. The second-order valence-electron chi connectivity index (χ2n) is 28.7. The number of hydrogen-bond acceptors (Lipinski definition) is 6. The van der Waals surface area contributed by atoms with E-state index in [1.54, 1.807) is 6.08 Å². The molecule has 9 heteroatoms. The Kier molecular flexibility index (Phi) is 72.1. The second-order valence-corrected chi connectivity index (χ2v) is 30.1. The molecule has 0 fully saturated rings. The molecule has 0 heterocycles. The van der Waals surface area contributed by atoms with Crippen molar-refractivity contribution in [1.82, 2.24) is 5.32 Å². The standard InChI is InChI=1S/C84H157N2O6P/c1-6-8-10-12-14-16-18-20-22-24-26-28-30-32-34-36-38-40-41-42-43-44-45-46-48-50-52-54-56-58-60-62-64-66-68-70-72-74-76-78-84(88)85-82(81-92-93(89,90)91-80-79-86(3,4)5)83(87)77-75-73-71-69-67-65-63-61-59-57-55-53-51-49-47-39-37-35-33-31-29-27-25-23-21-19-17-15-13-11-9-7-2/h8,10,14,16,20,22,26,28,59,61,67,69,75,77,82-83,87H,6-7,9,11-13,15,17-19,21,23-25,27,29-58,60,62-66,68,70-74,76,78-81H2,1-5H3,(H-,85,88,89,90)/b10-8-,16-14-,22-20-,28-26-,61-59+,69-67+,77-75+. The lowest BCUT2D eigenvalue weighted by Crippen LogP contribution is -2.45. The van der Waals surface area contributed by atoms with Gasteiger partial charge in [0.25, 0.3) is 7.82 Å². The fraction of sp³-hybridized carbons (Fsp3) is 0.821. The zero-order valence-electron chi connectivity index (χ0n) is 62.5. The van der Waals surface area contributed by atoms with Gasteiger partial charge in [-0.15, -0.1) is 0 Å². The molecule has 0 bridgehead atoms. The van der Waals surface area contributed by atoms with Crippen LogP contribution < -0.4 is 10.2 Å². The summed E-state index contributed by atoms with van der Waals surface area (Å²) in [5.41, 5.74) is 0. The van der Waals surface area contributed by atoms with Crippen LogP contribution in [0.25, 0.3) is 0 Å². The van der Waals surface area contributed by atoms with Crippen molar-refractivity contribution in [3.05, 3.63) is 85.1 Å². The van der Waals surface area contributed by atoms with Gasteiger partial charge in [-0.05, 0) is 83.5 Å². The van der Waals surface area contributed by atoms with Crippen molar-refractivity contribution in [2.45, 2.75) is 405 Å². The van der Waals surface area contributed by atoms with E-state index in [1.807, 2.05) is 27.2 Å². The number of likely N-dealkylation sites (N-methyl/N-ethyl adjacent to an activating group) is 1. The Labute approximate surface area is 579 Å². The predicted octanol–water partition coefficient (Wildman–Crippen LogP) is 26.0. The highest BCUT2D eigenvalue weighted by atomic mass is 31.2. The molecule has 1 amide bonds. The van der Waals surface area contributed by atoms with Gasteiger partial charge in [0.2, 0.25) is 5.91 Å². The molecule has 544 valence electrons. The summed E-state index contributed by atoms with van der Waals surface area (Å²) >= 11 is 0. The molecule has 0 aromatic heterocycles. The van der Waals surface area contributed by atoms with Gasteiger partial charge in [0.15, 0.2) is 0 Å². The highest BCUT2D eigenvalue weighted by Gasteiger charge is 2.23.